The molecule has 0 unspecified atom stereocenters. The maximum atomic E-state index is 6.00. The molecule has 2 N–H and O–H groups in total. The number of halogens is 1. The smallest absolute Gasteiger partial charge is 0.0731 e. The SMILES string of the molecule is Nc1ccc(COC2CCCCCC2)c(Br)c1. The van der Waals surface area contributed by atoms with Crippen molar-refractivity contribution in [1.29, 1.82) is 0 Å². The predicted molar refractivity (Wildman–Crippen MR) is 74.8 cm³/mol. The van der Waals surface area contributed by atoms with Crippen LogP contribution in [0.4, 0.5) is 5.69 Å². The molecule has 1 aromatic carbocycles. The Morgan fingerprint density at radius 2 is 1.88 bits per heavy atom. The first kappa shape index (κ1) is 12.9. The zero-order chi connectivity index (χ0) is 12.1. The highest BCUT2D eigenvalue weighted by molar-refractivity contribution is 9.10. The van der Waals surface area contributed by atoms with Crippen molar-refractivity contribution < 1.29 is 4.74 Å². The van der Waals surface area contributed by atoms with E-state index < -0.39 is 0 Å². The molecule has 3 heteroatoms. The van der Waals surface area contributed by atoms with Crippen LogP contribution in [0.25, 0.3) is 0 Å². The van der Waals surface area contributed by atoms with E-state index in [1.807, 2.05) is 18.2 Å². The van der Waals surface area contributed by atoms with E-state index in [-0.39, 0.29) is 0 Å². The van der Waals surface area contributed by atoms with Gasteiger partial charge in [0.25, 0.3) is 0 Å². The van der Waals surface area contributed by atoms with Crippen molar-refractivity contribution in [2.75, 3.05) is 5.73 Å². The van der Waals surface area contributed by atoms with Crippen molar-refractivity contribution in [2.24, 2.45) is 0 Å². The second-order valence-electron chi connectivity index (χ2n) is 4.78. The quantitative estimate of drug-likeness (QED) is 0.668. The number of anilines is 1. The molecule has 0 spiro atoms. The molecule has 2 rings (SSSR count). The summed E-state index contributed by atoms with van der Waals surface area (Å²) >= 11 is 3.53. The lowest BCUT2D eigenvalue weighted by Crippen LogP contribution is -2.11. The molecule has 1 aromatic rings. The zero-order valence-corrected chi connectivity index (χ0v) is 11.7. The van der Waals surface area contributed by atoms with E-state index in [1.54, 1.807) is 0 Å². The Balaban J connectivity index is 1.88. The summed E-state index contributed by atoms with van der Waals surface area (Å²) in [4.78, 5) is 0. The van der Waals surface area contributed by atoms with Crippen molar-refractivity contribution in [3.05, 3.63) is 28.2 Å². The van der Waals surface area contributed by atoms with Crippen LogP contribution in [0.3, 0.4) is 0 Å². The van der Waals surface area contributed by atoms with E-state index in [0.29, 0.717) is 12.7 Å². The van der Waals surface area contributed by atoms with Gasteiger partial charge in [-0.25, -0.2) is 0 Å². The minimum Gasteiger partial charge on any atom is -0.399 e. The molecule has 17 heavy (non-hydrogen) atoms. The average molecular weight is 298 g/mol. The van der Waals surface area contributed by atoms with E-state index in [9.17, 15) is 0 Å². The Morgan fingerprint density at radius 3 is 2.53 bits per heavy atom. The van der Waals surface area contributed by atoms with Crippen LogP contribution in [0.1, 0.15) is 44.1 Å². The lowest BCUT2D eigenvalue weighted by Gasteiger charge is -2.16. The Kier molecular flexibility index (Phi) is 4.86. The molecule has 1 aliphatic carbocycles. The van der Waals surface area contributed by atoms with E-state index in [1.165, 1.54) is 44.1 Å². The fourth-order valence-corrected chi connectivity index (χ4v) is 2.81. The second-order valence-corrected chi connectivity index (χ2v) is 5.63. The summed E-state index contributed by atoms with van der Waals surface area (Å²) < 4.78 is 7.05. The van der Waals surface area contributed by atoms with Crippen molar-refractivity contribution in [3.8, 4) is 0 Å². The summed E-state index contributed by atoms with van der Waals surface area (Å²) in [6.45, 7) is 0.686. The van der Waals surface area contributed by atoms with E-state index in [2.05, 4.69) is 15.9 Å². The molecule has 0 heterocycles. The van der Waals surface area contributed by atoms with Crippen LogP contribution in [-0.4, -0.2) is 6.10 Å². The fourth-order valence-electron chi connectivity index (χ4n) is 2.30. The summed E-state index contributed by atoms with van der Waals surface area (Å²) in [5.41, 5.74) is 7.69. The van der Waals surface area contributed by atoms with Gasteiger partial charge in [0, 0.05) is 10.2 Å². The van der Waals surface area contributed by atoms with Gasteiger partial charge in [-0.15, -0.1) is 0 Å². The third kappa shape index (κ3) is 4.00. The molecule has 0 aromatic heterocycles. The van der Waals surface area contributed by atoms with Crippen LogP contribution in [0.15, 0.2) is 22.7 Å². The van der Waals surface area contributed by atoms with Gasteiger partial charge in [-0.3, -0.25) is 0 Å². The average Bonchev–Trinajstić information content (AvgIpc) is 2.56. The minimum absolute atomic E-state index is 0.446. The van der Waals surface area contributed by atoms with Gasteiger partial charge in [-0.05, 0) is 30.5 Å². The molecular weight excluding hydrogens is 278 g/mol. The molecule has 1 saturated carbocycles. The van der Waals surface area contributed by atoms with Crippen molar-refractivity contribution in [3.63, 3.8) is 0 Å². The molecule has 94 valence electrons. The molecule has 1 fully saturated rings. The Hall–Kier alpha value is -0.540. The van der Waals surface area contributed by atoms with E-state index in [4.69, 9.17) is 10.5 Å². The van der Waals surface area contributed by atoms with Gasteiger partial charge in [0.1, 0.15) is 0 Å². The van der Waals surface area contributed by atoms with Gasteiger partial charge in [-0.2, -0.15) is 0 Å². The lowest BCUT2D eigenvalue weighted by atomic mass is 10.1. The van der Waals surface area contributed by atoms with Crippen LogP contribution < -0.4 is 5.73 Å². The highest BCUT2D eigenvalue weighted by atomic mass is 79.9. The van der Waals surface area contributed by atoms with Crippen molar-refractivity contribution in [1.82, 2.24) is 0 Å². The lowest BCUT2D eigenvalue weighted by molar-refractivity contribution is 0.0307. The molecule has 0 amide bonds. The summed E-state index contributed by atoms with van der Waals surface area (Å²) in [5, 5.41) is 0. The van der Waals surface area contributed by atoms with Crippen LogP contribution in [-0.2, 0) is 11.3 Å². The Morgan fingerprint density at radius 1 is 1.18 bits per heavy atom. The molecule has 1 aliphatic rings. The number of benzene rings is 1. The van der Waals surface area contributed by atoms with Gasteiger partial charge in [0.2, 0.25) is 0 Å². The molecule has 0 saturated heterocycles. The van der Waals surface area contributed by atoms with E-state index in [0.717, 1.165) is 10.2 Å². The first-order valence-electron chi connectivity index (χ1n) is 6.41. The summed E-state index contributed by atoms with van der Waals surface area (Å²) in [6.07, 6.45) is 8.24. The standard InChI is InChI=1S/C14H20BrNO/c15-14-9-12(16)8-7-11(14)10-17-13-5-3-1-2-4-6-13/h7-9,13H,1-6,10,16H2. The third-order valence-corrected chi connectivity index (χ3v) is 4.09. The van der Waals surface area contributed by atoms with Crippen LogP contribution in [0.5, 0.6) is 0 Å². The molecule has 0 radical (unpaired) electrons. The van der Waals surface area contributed by atoms with Crippen molar-refractivity contribution in [2.45, 2.75) is 51.2 Å². The molecule has 0 aliphatic heterocycles. The second kappa shape index (κ2) is 6.41. The van der Waals surface area contributed by atoms with Crippen molar-refractivity contribution >= 4 is 21.6 Å². The van der Waals surface area contributed by atoms with Crippen LogP contribution in [0.2, 0.25) is 0 Å². The predicted octanol–water partition coefficient (Wildman–Crippen LogP) is 4.27. The third-order valence-electron chi connectivity index (χ3n) is 3.35. The number of nitrogen functional groups attached to an aromatic ring is 1. The molecule has 0 atom stereocenters. The highest BCUT2D eigenvalue weighted by Crippen LogP contribution is 2.24. The summed E-state index contributed by atoms with van der Waals surface area (Å²) in [5.74, 6) is 0. The number of nitrogens with two attached hydrogens (primary N) is 1. The number of hydrogen-bond acceptors (Lipinski definition) is 2. The maximum Gasteiger partial charge on any atom is 0.0731 e. The van der Waals surface area contributed by atoms with Gasteiger partial charge >= 0.3 is 0 Å². The highest BCUT2D eigenvalue weighted by Gasteiger charge is 2.13. The monoisotopic (exact) mass is 297 g/mol. The molecular formula is C14H20BrNO. The fraction of sp³-hybridized carbons (Fsp3) is 0.571. The van der Waals surface area contributed by atoms with Gasteiger partial charge in [-0.1, -0.05) is 47.7 Å². The summed E-state index contributed by atoms with van der Waals surface area (Å²) in [7, 11) is 0. The number of ether oxygens (including phenoxy) is 1. The Labute approximate surface area is 112 Å². The van der Waals surface area contributed by atoms with Crippen LogP contribution in [0, 0.1) is 0 Å². The maximum absolute atomic E-state index is 6.00. The Bertz CT molecular complexity index is 359. The zero-order valence-electron chi connectivity index (χ0n) is 10.1. The van der Waals surface area contributed by atoms with Crippen LogP contribution >= 0.6 is 15.9 Å². The van der Waals surface area contributed by atoms with Gasteiger partial charge < -0.3 is 10.5 Å². The van der Waals surface area contributed by atoms with E-state index >= 15 is 0 Å². The summed E-state index contributed by atoms with van der Waals surface area (Å²) in [6, 6.07) is 5.90. The topological polar surface area (TPSA) is 35.2 Å². The van der Waals surface area contributed by atoms with Gasteiger partial charge in [0.05, 0.1) is 12.7 Å². The normalized spacial score (nSPS) is 17.9. The first-order chi connectivity index (χ1) is 8.25. The largest absolute Gasteiger partial charge is 0.399 e. The molecule has 2 nitrogen and oxygen atoms in total. The number of rotatable bonds is 3. The number of hydrogen-bond donors (Lipinski definition) is 1. The first-order valence-corrected chi connectivity index (χ1v) is 7.20. The minimum atomic E-state index is 0.446. The van der Waals surface area contributed by atoms with Gasteiger partial charge in [0.15, 0.2) is 0 Å². The molecule has 0 bridgehead atoms.